The number of likely N-dealkylation sites (N-methyl/N-ethyl adjacent to an activating group) is 1. The van der Waals surface area contributed by atoms with Crippen LogP contribution in [0, 0.1) is 6.92 Å². The van der Waals surface area contributed by atoms with Gasteiger partial charge in [0, 0.05) is 19.6 Å². The van der Waals surface area contributed by atoms with Gasteiger partial charge in [-0.3, -0.25) is 9.69 Å². The SMILES string of the molecule is CCN(CC)C(=O)CN1C[C@H](O)C[C@@H]1c1nc(C)no1. The second-order valence-corrected chi connectivity index (χ2v) is 5.08. The van der Waals surface area contributed by atoms with Gasteiger partial charge < -0.3 is 14.5 Å². The highest BCUT2D eigenvalue weighted by Gasteiger charge is 2.37. The summed E-state index contributed by atoms with van der Waals surface area (Å²) in [6.45, 7) is 7.78. The van der Waals surface area contributed by atoms with Crippen LogP contribution >= 0.6 is 0 Å². The Bertz CT molecular complexity index is 458. The molecule has 2 atom stereocenters. The van der Waals surface area contributed by atoms with E-state index in [2.05, 4.69) is 10.1 Å². The second-order valence-electron chi connectivity index (χ2n) is 5.08. The minimum Gasteiger partial charge on any atom is -0.392 e. The highest BCUT2D eigenvalue weighted by Crippen LogP contribution is 2.30. The van der Waals surface area contributed by atoms with Gasteiger partial charge in [-0.15, -0.1) is 0 Å². The van der Waals surface area contributed by atoms with Gasteiger partial charge in [0.15, 0.2) is 5.82 Å². The van der Waals surface area contributed by atoms with Gasteiger partial charge in [0.25, 0.3) is 0 Å². The molecule has 1 saturated heterocycles. The van der Waals surface area contributed by atoms with Crippen molar-refractivity contribution in [3.63, 3.8) is 0 Å². The topological polar surface area (TPSA) is 82.7 Å². The van der Waals surface area contributed by atoms with Crippen molar-refractivity contribution in [1.29, 1.82) is 0 Å². The van der Waals surface area contributed by atoms with E-state index in [9.17, 15) is 9.90 Å². The molecule has 0 aromatic carbocycles. The van der Waals surface area contributed by atoms with Crippen LogP contribution in [0.1, 0.15) is 38.0 Å². The van der Waals surface area contributed by atoms with Crippen molar-refractivity contribution < 1.29 is 14.4 Å². The van der Waals surface area contributed by atoms with Crippen molar-refractivity contribution in [2.24, 2.45) is 0 Å². The molecular weight excluding hydrogens is 260 g/mol. The number of amides is 1. The molecule has 1 aliphatic heterocycles. The van der Waals surface area contributed by atoms with Crippen molar-refractivity contribution in [3.05, 3.63) is 11.7 Å². The molecule has 2 rings (SSSR count). The molecule has 1 fully saturated rings. The van der Waals surface area contributed by atoms with Gasteiger partial charge in [-0.1, -0.05) is 5.16 Å². The molecule has 0 spiro atoms. The van der Waals surface area contributed by atoms with E-state index in [1.54, 1.807) is 11.8 Å². The van der Waals surface area contributed by atoms with E-state index in [0.717, 1.165) is 0 Å². The van der Waals surface area contributed by atoms with Gasteiger partial charge in [-0.05, 0) is 27.2 Å². The third kappa shape index (κ3) is 3.16. The largest absolute Gasteiger partial charge is 0.392 e. The lowest BCUT2D eigenvalue weighted by Crippen LogP contribution is -2.40. The standard InChI is InChI=1S/C13H22N4O3/c1-4-16(5-2)12(19)8-17-7-10(18)6-11(17)13-14-9(3)15-20-13/h10-11,18H,4-8H2,1-3H3/t10-,11-/m1/s1. The summed E-state index contributed by atoms with van der Waals surface area (Å²) in [5.41, 5.74) is 0. The molecule has 1 aliphatic rings. The quantitative estimate of drug-likeness (QED) is 0.839. The number of aliphatic hydroxyl groups is 1. The van der Waals surface area contributed by atoms with Crippen LogP contribution in [0.15, 0.2) is 4.52 Å². The first-order valence-electron chi connectivity index (χ1n) is 7.05. The first-order valence-corrected chi connectivity index (χ1v) is 7.05. The number of rotatable bonds is 5. The van der Waals surface area contributed by atoms with E-state index < -0.39 is 6.10 Å². The average molecular weight is 282 g/mol. The fourth-order valence-corrected chi connectivity index (χ4v) is 2.61. The highest BCUT2D eigenvalue weighted by atomic mass is 16.5. The number of β-amino-alcohol motifs (C(OH)–C–C–N with tert-alkyl or cyclic N) is 1. The zero-order valence-corrected chi connectivity index (χ0v) is 12.2. The summed E-state index contributed by atoms with van der Waals surface area (Å²) in [6, 6.07) is -0.175. The Morgan fingerprint density at radius 1 is 1.50 bits per heavy atom. The summed E-state index contributed by atoms with van der Waals surface area (Å²) in [6.07, 6.45) is 0.0596. The average Bonchev–Trinajstić information content (AvgIpc) is 2.97. The maximum Gasteiger partial charge on any atom is 0.244 e. The van der Waals surface area contributed by atoms with Gasteiger partial charge in [0.2, 0.25) is 11.8 Å². The molecule has 112 valence electrons. The zero-order valence-electron chi connectivity index (χ0n) is 12.2. The van der Waals surface area contributed by atoms with Crippen molar-refractivity contribution in [2.45, 2.75) is 39.3 Å². The molecule has 0 aliphatic carbocycles. The number of nitrogens with zero attached hydrogens (tertiary/aromatic N) is 4. The Labute approximate surface area is 118 Å². The Hall–Kier alpha value is -1.47. The van der Waals surface area contributed by atoms with Crippen LogP contribution in [-0.4, -0.2) is 63.2 Å². The molecule has 1 N–H and O–H groups in total. The van der Waals surface area contributed by atoms with Crippen molar-refractivity contribution in [3.8, 4) is 0 Å². The third-order valence-corrected chi connectivity index (χ3v) is 3.66. The van der Waals surface area contributed by atoms with E-state index >= 15 is 0 Å². The number of aliphatic hydroxyl groups excluding tert-OH is 1. The molecule has 0 unspecified atom stereocenters. The molecule has 0 bridgehead atoms. The number of aromatic nitrogens is 2. The molecule has 1 aromatic heterocycles. The molecule has 2 heterocycles. The molecule has 1 aromatic rings. The summed E-state index contributed by atoms with van der Waals surface area (Å²) >= 11 is 0. The second kappa shape index (κ2) is 6.32. The number of hydrogen-bond acceptors (Lipinski definition) is 6. The van der Waals surface area contributed by atoms with Crippen molar-refractivity contribution >= 4 is 5.91 Å². The fraction of sp³-hybridized carbons (Fsp3) is 0.769. The Balaban J connectivity index is 2.07. The van der Waals surface area contributed by atoms with Crippen LogP contribution in [0.25, 0.3) is 0 Å². The summed E-state index contributed by atoms with van der Waals surface area (Å²) in [5.74, 6) is 1.10. The number of carbonyl (C=O) groups excluding carboxylic acids is 1. The lowest BCUT2D eigenvalue weighted by Gasteiger charge is -2.25. The minimum absolute atomic E-state index is 0.0605. The number of hydrogen-bond donors (Lipinski definition) is 1. The van der Waals surface area contributed by atoms with E-state index in [1.165, 1.54) is 0 Å². The summed E-state index contributed by atoms with van der Waals surface area (Å²) in [7, 11) is 0. The normalized spacial score (nSPS) is 23.2. The van der Waals surface area contributed by atoms with E-state index in [0.29, 0.717) is 37.8 Å². The number of carbonyl (C=O) groups is 1. The van der Waals surface area contributed by atoms with Crippen molar-refractivity contribution in [1.82, 2.24) is 19.9 Å². The van der Waals surface area contributed by atoms with E-state index in [-0.39, 0.29) is 18.5 Å². The van der Waals surface area contributed by atoms with Crippen LogP contribution in [0.4, 0.5) is 0 Å². The molecule has 7 heteroatoms. The Morgan fingerprint density at radius 3 is 2.75 bits per heavy atom. The number of likely N-dealkylation sites (tertiary alicyclic amines) is 1. The van der Waals surface area contributed by atoms with Crippen LogP contribution < -0.4 is 0 Å². The highest BCUT2D eigenvalue weighted by molar-refractivity contribution is 5.78. The van der Waals surface area contributed by atoms with Crippen LogP contribution in [0.5, 0.6) is 0 Å². The van der Waals surface area contributed by atoms with Crippen LogP contribution in [-0.2, 0) is 4.79 Å². The predicted molar refractivity (Wildman–Crippen MR) is 71.9 cm³/mol. The Kier molecular flexibility index (Phi) is 4.72. The van der Waals surface area contributed by atoms with Gasteiger partial charge in [-0.25, -0.2) is 0 Å². The van der Waals surface area contributed by atoms with Gasteiger partial charge in [-0.2, -0.15) is 4.98 Å². The lowest BCUT2D eigenvalue weighted by atomic mass is 10.2. The van der Waals surface area contributed by atoms with Gasteiger partial charge in [0.05, 0.1) is 18.7 Å². The zero-order chi connectivity index (χ0) is 14.7. The van der Waals surface area contributed by atoms with Gasteiger partial charge >= 0.3 is 0 Å². The molecule has 20 heavy (non-hydrogen) atoms. The van der Waals surface area contributed by atoms with Crippen molar-refractivity contribution in [2.75, 3.05) is 26.2 Å². The molecule has 0 radical (unpaired) electrons. The first kappa shape index (κ1) is 14.9. The predicted octanol–water partition coefficient (Wildman–Crippen LogP) is 0.354. The summed E-state index contributed by atoms with van der Waals surface area (Å²) in [4.78, 5) is 20.1. The van der Waals surface area contributed by atoms with Crippen LogP contribution in [0.3, 0.4) is 0 Å². The third-order valence-electron chi connectivity index (χ3n) is 3.66. The number of aryl methyl sites for hydroxylation is 1. The van der Waals surface area contributed by atoms with E-state index in [1.807, 2.05) is 18.7 Å². The molecule has 0 saturated carbocycles. The maximum atomic E-state index is 12.2. The summed E-state index contributed by atoms with van der Waals surface area (Å²) < 4.78 is 5.18. The molecule has 1 amide bonds. The minimum atomic E-state index is -0.461. The molecular formula is C13H22N4O3. The summed E-state index contributed by atoms with van der Waals surface area (Å²) in [5, 5.41) is 13.6. The maximum absolute atomic E-state index is 12.2. The van der Waals surface area contributed by atoms with Gasteiger partial charge in [0.1, 0.15) is 0 Å². The van der Waals surface area contributed by atoms with E-state index in [4.69, 9.17) is 4.52 Å². The van der Waals surface area contributed by atoms with Crippen LogP contribution in [0.2, 0.25) is 0 Å². The fourth-order valence-electron chi connectivity index (χ4n) is 2.61. The smallest absolute Gasteiger partial charge is 0.244 e. The Morgan fingerprint density at radius 2 is 2.20 bits per heavy atom. The monoisotopic (exact) mass is 282 g/mol. The molecule has 7 nitrogen and oxygen atoms in total. The lowest BCUT2D eigenvalue weighted by molar-refractivity contribution is -0.132. The first-order chi connectivity index (χ1) is 9.55.